The van der Waals surface area contributed by atoms with Crippen LogP contribution in [-0.4, -0.2) is 5.11 Å². The Morgan fingerprint density at radius 3 is 2.15 bits per heavy atom. The number of hydrogen-bond acceptors (Lipinski definition) is 1. The normalized spacial score (nSPS) is 7.08. The lowest BCUT2D eigenvalue weighted by atomic mass is 10.1. The summed E-state index contributed by atoms with van der Waals surface area (Å²) in [6.07, 6.45) is 2.50. The van der Waals surface area contributed by atoms with Crippen molar-refractivity contribution in [3.8, 4) is 5.75 Å². The van der Waals surface area contributed by atoms with Crippen molar-refractivity contribution < 1.29 is 5.11 Å². The van der Waals surface area contributed by atoms with Crippen LogP contribution in [0.15, 0.2) is 36.9 Å². The number of aromatic hydroxyl groups is 1. The SMILES string of the molecule is C=CCc1ccccc1O.Cl.Cl.Cl. The van der Waals surface area contributed by atoms with E-state index < -0.39 is 0 Å². The van der Waals surface area contributed by atoms with E-state index in [4.69, 9.17) is 0 Å². The average molecular weight is 244 g/mol. The van der Waals surface area contributed by atoms with Gasteiger partial charge in [0.1, 0.15) is 5.75 Å². The highest BCUT2D eigenvalue weighted by Gasteiger charge is 1.93. The summed E-state index contributed by atoms with van der Waals surface area (Å²) in [5.74, 6) is 0.349. The molecule has 4 heteroatoms. The number of phenolic OH excluding ortho intramolecular Hbond substituents is 1. The Bertz CT molecular complexity index is 238. The molecule has 0 unspecified atom stereocenters. The smallest absolute Gasteiger partial charge is 0.119 e. The molecule has 76 valence electrons. The van der Waals surface area contributed by atoms with E-state index in [1.54, 1.807) is 12.1 Å². The number of para-hydroxylation sites is 1. The van der Waals surface area contributed by atoms with E-state index in [-0.39, 0.29) is 37.2 Å². The lowest BCUT2D eigenvalue weighted by molar-refractivity contribution is 0.470. The van der Waals surface area contributed by atoms with Crippen LogP contribution in [0.25, 0.3) is 0 Å². The number of allylic oxidation sites excluding steroid dienone is 1. The van der Waals surface area contributed by atoms with Crippen LogP contribution in [0.5, 0.6) is 5.75 Å². The highest BCUT2D eigenvalue weighted by atomic mass is 35.5. The first-order valence-electron chi connectivity index (χ1n) is 3.22. The zero-order chi connectivity index (χ0) is 7.40. The Hall–Kier alpha value is -0.370. The highest BCUT2D eigenvalue weighted by Crippen LogP contribution is 2.15. The fourth-order valence-electron chi connectivity index (χ4n) is 0.839. The van der Waals surface area contributed by atoms with Crippen LogP contribution >= 0.6 is 37.2 Å². The summed E-state index contributed by atoms with van der Waals surface area (Å²) in [7, 11) is 0. The molecule has 0 atom stereocenters. The molecular weight excluding hydrogens is 230 g/mol. The first-order valence-corrected chi connectivity index (χ1v) is 3.22. The molecule has 0 bridgehead atoms. The third-order valence-corrected chi connectivity index (χ3v) is 1.36. The quantitative estimate of drug-likeness (QED) is 0.790. The number of rotatable bonds is 2. The predicted octanol–water partition coefficient (Wildman–Crippen LogP) is 3.39. The summed E-state index contributed by atoms with van der Waals surface area (Å²) < 4.78 is 0. The lowest BCUT2D eigenvalue weighted by Gasteiger charge is -1.97. The topological polar surface area (TPSA) is 20.2 Å². The van der Waals surface area contributed by atoms with Crippen LogP contribution in [0.1, 0.15) is 5.56 Å². The monoisotopic (exact) mass is 242 g/mol. The van der Waals surface area contributed by atoms with Gasteiger partial charge >= 0.3 is 0 Å². The molecule has 0 saturated carbocycles. The lowest BCUT2D eigenvalue weighted by Crippen LogP contribution is -1.79. The third kappa shape index (κ3) is 5.81. The van der Waals surface area contributed by atoms with E-state index in [0.29, 0.717) is 5.75 Å². The molecule has 1 aromatic carbocycles. The molecule has 0 aliphatic rings. The van der Waals surface area contributed by atoms with Crippen LogP contribution in [-0.2, 0) is 6.42 Å². The summed E-state index contributed by atoms with van der Waals surface area (Å²) in [4.78, 5) is 0. The molecule has 1 rings (SSSR count). The van der Waals surface area contributed by atoms with Gasteiger partial charge in [-0.25, -0.2) is 0 Å². The van der Waals surface area contributed by atoms with Crippen molar-refractivity contribution in [1.82, 2.24) is 0 Å². The Morgan fingerprint density at radius 1 is 1.15 bits per heavy atom. The molecule has 0 fully saturated rings. The van der Waals surface area contributed by atoms with Gasteiger partial charge in [0.2, 0.25) is 0 Å². The van der Waals surface area contributed by atoms with Crippen molar-refractivity contribution in [2.75, 3.05) is 0 Å². The van der Waals surface area contributed by atoms with Crippen molar-refractivity contribution in [3.63, 3.8) is 0 Å². The summed E-state index contributed by atoms with van der Waals surface area (Å²) in [6, 6.07) is 7.27. The van der Waals surface area contributed by atoms with Crippen molar-refractivity contribution >= 4 is 37.2 Å². The molecule has 0 amide bonds. The minimum Gasteiger partial charge on any atom is -0.508 e. The summed E-state index contributed by atoms with van der Waals surface area (Å²) in [6.45, 7) is 3.59. The maximum atomic E-state index is 9.19. The first-order chi connectivity index (χ1) is 4.84. The number of hydrogen-bond donors (Lipinski definition) is 1. The zero-order valence-electron chi connectivity index (χ0n) is 6.97. The van der Waals surface area contributed by atoms with Gasteiger partial charge in [-0.05, 0) is 18.1 Å². The maximum absolute atomic E-state index is 9.19. The van der Waals surface area contributed by atoms with E-state index in [2.05, 4.69) is 6.58 Å². The molecule has 1 nitrogen and oxygen atoms in total. The second kappa shape index (κ2) is 9.72. The second-order valence-electron chi connectivity index (χ2n) is 2.12. The third-order valence-electron chi connectivity index (χ3n) is 1.36. The van der Waals surface area contributed by atoms with Gasteiger partial charge < -0.3 is 5.11 Å². The molecule has 0 aromatic heterocycles. The zero-order valence-corrected chi connectivity index (χ0v) is 9.42. The van der Waals surface area contributed by atoms with Crippen molar-refractivity contribution in [2.45, 2.75) is 6.42 Å². The van der Waals surface area contributed by atoms with E-state index in [9.17, 15) is 5.11 Å². The van der Waals surface area contributed by atoms with E-state index in [1.165, 1.54) is 0 Å². The molecule has 1 aromatic rings. The molecule has 1 N–H and O–H groups in total. The van der Waals surface area contributed by atoms with Crippen molar-refractivity contribution in [1.29, 1.82) is 0 Å². The maximum Gasteiger partial charge on any atom is 0.119 e. The Morgan fingerprint density at radius 2 is 1.69 bits per heavy atom. The summed E-state index contributed by atoms with van der Waals surface area (Å²) in [5, 5.41) is 9.19. The first kappa shape index (κ1) is 18.4. The van der Waals surface area contributed by atoms with Crippen molar-refractivity contribution in [3.05, 3.63) is 42.5 Å². The van der Waals surface area contributed by atoms with Gasteiger partial charge in [-0.3, -0.25) is 0 Å². The number of halogens is 3. The molecular formula is C9H13Cl3O. The Labute approximate surface area is 97.1 Å². The molecule has 13 heavy (non-hydrogen) atoms. The average Bonchev–Trinajstić information content (AvgIpc) is 1.94. The summed E-state index contributed by atoms with van der Waals surface area (Å²) in [5.41, 5.74) is 0.928. The van der Waals surface area contributed by atoms with Gasteiger partial charge in [0.15, 0.2) is 0 Å². The standard InChI is InChI=1S/C9H10O.3ClH/c1-2-5-8-6-3-4-7-9(8)10;;;/h2-4,6-7,10H,1,5H2;3*1H. The minimum atomic E-state index is 0. The van der Waals surface area contributed by atoms with Gasteiger partial charge in [0.05, 0.1) is 0 Å². The van der Waals surface area contributed by atoms with Crippen LogP contribution in [0.2, 0.25) is 0 Å². The minimum absolute atomic E-state index is 0. The second-order valence-corrected chi connectivity index (χ2v) is 2.12. The predicted molar refractivity (Wildman–Crippen MR) is 63.8 cm³/mol. The largest absolute Gasteiger partial charge is 0.508 e. The van der Waals surface area contributed by atoms with Crippen LogP contribution in [0, 0.1) is 0 Å². The highest BCUT2D eigenvalue weighted by molar-refractivity contribution is 5.86. The fraction of sp³-hybridized carbons (Fsp3) is 0.111. The van der Waals surface area contributed by atoms with Gasteiger partial charge in [0, 0.05) is 0 Å². The van der Waals surface area contributed by atoms with Gasteiger partial charge in [0.25, 0.3) is 0 Å². The van der Waals surface area contributed by atoms with E-state index in [1.807, 2.05) is 18.2 Å². The Balaban J connectivity index is -0.000000333. The van der Waals surface area contributed by atoms with Gasteiger partial charge in [-0.15, -0.1) is 43.8 Å². The fourth-order valence-corrected chi connectivity index (χ4v) is 0.839. The van der Waals surface area contributed by atoms with Gasteiger partial charge in [-0.1, -0.05) is 24.3 Å². The molecule has 0 aliphatic heterocycles. The van der Waals surface area contributed by atoms with Crippen LogP contribution < -0.4 is 0 Å². The van der Waals surface area contributed by atoms with Crippen LogP contribution in [0.4, 0.5) is 0 Å². The molecule has 0 spiro atoms. The number of benzene rings is 1. The van der Waals surface area contributed by atoms with Crippen molar-refractivity contribution in [2.24, 2.45) is 0 Å². The number of phenols is 1. The van der Waals surface area contributed by atoms with Crippen LogP contribution in [0.3, 0.4) is 0 Å². The van der Waals surface area contributed by atoms with E-state index >= 15 is 0 Å². The summed E-state index contributed by atoms with van der Waals surface area (Å²) >= 11 is 0. The molecule has 0 heterocycles. The molecule has 0 aliphatic carbocycles. The van der Waals surface area contributed by atoms with Gasteiger partial charge in [-0.2, -0.15) is 0 Å². The Kier molecular flexibility index (Phi) is 13.8. The molecule has 0 radical (unpaired) electrons. The molecule has 0 saturated heterocycles. The van der Waals surface area contributed by atoms with E-state index in [0.717, 1.165) is 12.0 Å².